The number of fused-ring (bicyclic) bond motifs is 1. The summed E-state index contributed by atoms with van der Waals surface area (Å²) in [7, 11) is 1.69. The van der Waals surface area contributed by atoms with Gasteiger partial charge in [0, 0.05) is 36.5 Å². The average Bonchev–Trinajstić information content (AvgIpc) is 3.02. The molecule has 1 aliphatic rings. The summed E-state index contributed by atoms with van der Waals surface area (Å²) in [4.78, 5) is 9.10. The van der Waals surface area contributed by atoms with Crippen LogP contribution in [0.15, 0.2) is 48.8 Å². The minimum Gasteiger partial charge on any atom is -0.497 e. The zero-order valence-corrected chi connectivity index (χ0v) is 13.2. The SMILES string of the molecule is COc1ccc(-c2nc3n(c2-c2ccncc2)CCCC3)cc1. The summed E-state index contributed by atoms with van der Waals surface area (Å²) >= 11 is 0. The quantitative estimate of drug-likeness (QED) is 0.735. The summed E-state index contributed by atoms with van der Waals surface area (Å²) in [5.41, 5.74) is 4.55. The predicted octanol–water partition coefficient (Wildman–Crippen LogP) is 3.96. The van der Waals surface area contributed by atoms with E-state index in [9.17, 15) is 0 Å². The lowest BCUT2D eigenvalue weighted by atomic mass is 10.0. The van der Waals surface area contributed by atoms with Crippen LogP contribution in [0.25, 0.3) is 22.5 Å². The Balaban J connectivity index is 1.90. The van der Waals surface area contributed by atoms with Crippen LogP contribution < -0.4 is 4.74 Å². The topological polar surface area (TPSA) is 39.9 Å². The number of pyridine rings is 1. The molecule has 0 spiro atoms. The van der Waals surface area contributed by atoms with Crippen molar-refractivity contribution in [2.24, 2.45) is 0 Å². The minimum atomic E-state index is 0.864. The van der Waals surface area contributed by atoms with E-state index >= 15 is 0 Å². The lowest BCUT2D eigenvalue weighted by Crippen LogP contribution is -2.11. The molecular weight excluding hydrogens is 286 g/mol. The molecule has 23 heavy (non-hydrogen) atoms. The van der Waals surface area contributed by atoms with Crippen LogP contribution in [0.5, 0.6) is 5.75 Å². The third-order valence-electron chi connectivity index (χ3n) is 4.40. The number of ether oxygens (including phenoxy) is 1. The van der Waals surface area contributed by atoms with Gasteiger partial charge in [-0.3, -0.25) is 4.98 Å². The number of aromatic nitrogens is 3. The molecule has 3 heterocycles. The average molecular weight is 305 g/mol. The highest BCUT2D eigenvalue weighted by atomic mass is 16.5. The summed E-state index contributed by atoms with van der Waals surface area (Å²) in [5, 5.41) is 0. The molecule has 0 radical (unpaired) electrons. The van der Waals surface area contributed by atoms with E-state index in [1.807, 2.05) is 24.5 Å². The van der Waals surface area contributed by atoms with Crippen LogP contribution in [0.3, 0.4) is 0 Å². The summed E-state index contributed by atoms with van der Waals surface area (Å²) in [5.74, 6) is 2.05. The van der Waals surface area contributed by atoms with Crippen molar-refractivity contribution in [1.82, 2.24) is 14.5 Å². The van der Waals surface area contributed by atoms with E-state index in [1.165, 1.54) is 29.9 Å². The molecule has 0 N–H and O–H groups in total. The van der Waals surface area contributed by atoms with Gasteiger partial charge in [0.1, 0.15) is 11.6 Å². The Morgan fingerprint density at radius 1 is 0.957 bits per heavy atom. The maximum absolute atomic E-state index is 5.27. The Labute approximate surface area is 135 Å². The van der Waals surface area contributed by atoms with E-state index < -0.39 is 0 Å². The molecule has 3 aromatic rings. The van der Waals surface area contributed by atoms with Crippen LogP contribution in [0, 0.1) is 0 Å². The summed E-state index contributed by atoms with van der Waals surface area (Å²) in [6.07, 6.45) is 7.17. The summed E-state index contributed by atoms with van der Waals surface area (Å²) in [6.45, 7) is 1.04. The van der Waals surface area contributed by atoms with Gasteiger partial charge in [-0.1, -0.05) is 0 Å². The highest BCUT2D eigenvalue weighted by Crippen LogP contribution is 2.35. The van der Waals surface area contributed by atoms with Gasteiger partial charge in [0.15, 0.2) is 0 Å². The Morgan fingerprint density at radius 2 is 1.74 bits per heavy atom. The van der Waals surface area contributed by atoms with Crippen molar-refractivity contribution < 1.29 is 4.74 Å². The van der Waals surface area contributed by atoms with E-state index in [0.717, 1.165) is 30.0 Å². The standard InChI is InChI=1S/C19H19N3O/c1-23-16-7-5-14(6-8-16)18-19(15-9-11-20-12-10-15)22-13-3-2-4-17(22)21-18/h5-12H,2-4,13H2,1H3. The van der Waals surface area contributed by atoms with Crippen molar-refractivity contribution in [2.45, 2.75) is 25.8 Å². The molecule has 116 valence electrons. The number of rotatable bonds is 3. The Bertz CT molecular complexity index is 807. The highest BCUT2D eigenvalue weighted by Gasteiger charge is 2.21. The van der Waals surface area contributed by atoms with Gasteiger partial charge in [0.05, 0.1) is 18.5 Å². The lowest BCUT2D eigenvalue weighted by molar-refractivity contribution is 0.415. The van der Waals surface area contributed by atoms with Crippen molar-refractivity contribution >= 4 is 0 Å². The largest absolute Gasteiger partial charge is 0.497 e. The van der Waals surface area contributed by atoms with Crippen molar-refractivity contribution in [1.29, 1.82) is 0 Å². The lowest BCUT2D eigenvalue weighted by Gasteiger charge is -2.16. The summed E-state index contributed by atoms with van der Waals surface area (Å²) < 4.78 is 7.64. The molecule has 1 aliphatic heterocycles. The van der Waals surface area contributed by atoms with Gasteiger partial charge < -0.3 is 9.30 Å². The predicted molar refractivity (Wildman–Crippen MR) is 90.4 cm³/mol. The number of benzene rings is 1. The van der Waals surface area contributed by atoms with E-state index in [4.69, 9.17) is 9.72 Å². The molecule has 0 bridgehead atoms. The van der Waals surface area contributed by atoms with E-state index in [2.05, 4.69) is 33.8 Å². The highest BCUT2D eigenvalue weighted by molar-refractivity contribution is 5.79. The van der Waals surface area contributed by atoms with Crippen molar-refractivity contribution in [3.63, 3.8) is 0 Å². The van der Waals surface area contributed by atoms with Crippen molar-refractivity contribution in [2.75, 3.05) is 7.11 Å². The fraction of sp³-hybridized carbons (Fsp3) is 0.263. The van der Waals surface area contributed by atoms with Crippen molar-refractivity contribution in [3.8, 4) is 28.3 Å². The molecule has 4 nitrogen and oxygen atoms in total. The fourth-order valence-corrected chi connectivity index (χ4v) is 3.24. The number of methoxy groups -OCH3 is 1. The maximum Gasteiger partial charge on any atom is 0.118 e. The molecular formula is C19H19N3O. The second kappa shape index (κ2) is 5.88. The van der Waals surface area contributed by atoms with E-state index in [-0.39, 0.29) is 0 Å². The van der Waals surface area contributed by atoms with Crippen LogP contribution in [-0.2, 0) is 13.0 Å². The van der Waals surface area contributed by atoms with Gasteiger partial charge in [0.2, 0.25) is 0 Å². The van der Waals surface area contributed by atoms with Crippen LogP contribution in [0.4, 0.5) is 0 Å². The number of imidazole rings is 1. The van der Waals surface area contributed by atoms with E-state index in [0.29, 0.717) is 0 Å². The van der Waals surface area contributed by atoms with Gasteiger partial charge in [-0.25, -0.2) is 4.98 Å². The molecule has 2 aromatic heterocycles. The second-order valence-corrected chi connectivity index (χ2v) is 5.80. The van der Waals surface area contributed by atoms with E-state index in [1.54, 1.807) is 7.11 Å². The number of hydrogen-bond donors (Lipinski definition) is 0. The molecule has 0 saturated heterocycles. The molecule has 4 rings (SSSR count). The Morgan fingerprint density at radius 3 is 2.48 bits per heavy atom. The van der Waals surface area contributed by atoms with Gasteiger partial charge in [-0.15, -0.1) is 0 Å². The van der Waals surface area contributed by atoms with Gasteiger partial charge >= 0.3 is 0 Å². The zero-order chi connectivity index (χ0) is 15.6. The molecule has 0 fully saturated rings. The number of aryl methyl sites for hydroxylation is 1. The maximum atomic E-state index is 5.27. The third kappa shape index (κ3) is 2.50. The smallest absolute Gasteiger partial charge is 0.118 e. The van der Waals surface area contributed by atoms with Crippen LogP contribution in [0.1, 0.15) is 18.7 Å². The molecule has 4 heteroatoms. The third-order valence-corrected chi connectivity index (χ3v) is 4.40. The molecule has 0 unspecified atom stereocenters. The first-order chi connectivity index (χ1) is 11.4. The molecule has 1 aromatic carbocycles. The minimum absolute atomic E-state index is 0.864. The van der Waals surface area contributed by atoms with Gasteiger partial charge in [-0.2, -0.15) is 0 Å². The van der Waals surface area contributed by atoms with Crippen LogP contribution in [-0.4, -0.2) is 21.6 Å². The first-order valence-corrected chi connectivity index (χ1v) is 8.01. The number of hydrogen-bond acceptors (Lipinski definition) is 3. The Kier molecular flexibility index (Phi) is 3.58. The second-order valence-electron chi connectivity index (χ2n) is 5.80. The van der Waals surface area contributed by atoms with Gasteiger partial charge in [0.25, 0.3) is 0 Å². The zero-order valence-electron chi connectivity index (χ0n) is 13.2. The molecule has 0 saturated carbocycles. The fourth-order valence-electron chi connectivity index (χ4n) is 3.24. The summed E-state index contributed by atoms with van der Waals surface area (Å²) in [6, 6.07) is 12.3. The first kappa shape index (κ1) is 14.0. The molecule has 0 aliphatic carbocycles. The first-order valence-electron chi connectivity index (χ1n) is 8.01. The van der Waals surface area contributed by atoms with Crippen LogP contribution >= 0.6 is 0 Å². The van der Waals surface area contributed by atoms with Crippen molar-refractivity contribution in [3.05, 3.63) is 54.6 Å². The molecule has 0 atom stereocenters. The monoisotopic (exact) mass is 305 g/mol. The van der Waals surface area contributed by atoms with Crippen LogP contribution in [0.2, 0.25) is 0 Å². The van der Waals surface area contributed by atoms with Gasteiger partial charge in [-0.05, 0) is 49.2 Å². The molecule has 0 amide bonds. The number of nitrogens with zero attached hydrogens (tertiary/aromatic N) is 3. The normalized spacial score (nSPS) is 13.6. The Hall–Kier alpha value is -2.62.